The molecular weight excluding hydrogens is 318 g/mol. The number of ether oxygens (including phenoxy) is 1. The zero-order valence-corrected chi connectivity index (χ0v) is 14.8. The zero-order valence-electron chi connectivity index (χ0n) is 13.9. The number of hydrogen-bond acceptors (Lipinski definition) is 4. The van der Waals surface area contributed by atoms with Crippen LogP contribution in [0.15, 0.2) is 48.5 Å². The minimum Gasteiger partial charge on any atom is -0.495 e. The molecule has 0 atom stereocenters. The molecule has 5 heteroatoms. The van der Waals surface area contributed by atoms with Gasteiger partial charge >= 0.3 is 0 Å². The fraction of sp³-hybridized carbons (Fsp3) is 0.316. The van der Waals surface area contributed by atoms with Gasteiger partial charge in [-0.25, -0.2) is 0 Å². The van der Waals surface area contributed by atoms with E-state index in [1.165, 1.54) is 11.3 Å². The summed E-state index contributed by atoms with van der Waals surface area (Å²) >= 11 is 5.16. The summed E-state index contributed by atoms with van der Waals surface area (Å²) in [7, 11) is 1.72. The first-order chi connectivity index (χ1) is 11.7. The molecule has 4 nitrogen and oxygen atoms in total. The van der Waals surface area contributed by atoms with Gasteiger partial charge < -0.3 is 15.4 Å². The van der Waals surface area contributed by atoms with Crippen LogP contribution in [0.5, 0.6) is 5.75 Å². The van der Waals surface area contributed by atoms with Gasteiger partial charge in [-0.2, -0.15) is 0 Å². The maximum absolute atomic E-state index is 5.84. The maximum Gasteiger partial charge on any atom is 0.142 e. The molecule has 3 rings (SSSR count). The van der Waals surface area contributed by atoms with Gasteiger partial charge in [0, 0.05) is 38.3 Å². The molecule has 0 saturated carbocycles. The first-order valence-corrected chi connectivity index (χ1v) is 8.58. The van der Waals surface area contributed by atoms with Crippen LogP contribution in [0.3, 0.4) is 0 Å². The lowest BCUT2D eigenvalue weighted by molar-refractivity contribution is 0.249. The lowest BCUT2D eigenvalue weighted by Crippen LogP contribution is -2.46. The molecule has 0 bridgehead atoms. The molecule has 1 aliphatic rings. The molecule has 0 aliphatic carbocycles. The quantitative estimate of drug-likeness (QED) is 0.847. The number of piperazine rings is 1. The van der Waals surface area contributed by atoms with E-state index in [1.54, 1.807) is 7.11 Å². The number of nitrogens with zero attached hydrogens (tertiary/aromatic N) is 2. The summed E-state index contributed by atoms with van der Waals surface area (Å²) < 4.78 is 5.48. The van der Waals surface area contributed by atoms with Crippen molar-refractivity contribution in [3.8, 4) is 5.75 Å². The molecule has 1 saturated heterocycles. The Morgan fingerprint density at radius 1 is 1.04 bits per heavy atom. The van der Waals surface area contributed by atoms with Crippen LogP contribution < -0.4 is 15.4 Å². The molecule has 2 N–H and O–H groups in total. The smallest absolute Gasteiger partial charge is 0.142 e. The van der Waals surface area contributed by atoms with Crippen LogP contribution in [-0.4, -0.2) is 43.2 Å². The molecular formula is C19H23N3OS. The lowest BCUT2D eigenvalue weighted by atomic mass is 10.1. The van der Waals surface area contributed by atoms with Gasteiger partial charge in [0.15, 0.2) is 0 Å². The summed E-state index contributed by atoms with van der Waals surface area (Å²) in [6.07, 6.45) is 0. The topological polar surface area (TPSA) is 41.7 Å². The highest BCUT2D eigenvalue weighted by Crippen LogP contribution is 2.28. The highest BCUT2D eigenvalue weighted by Gasteiger charge is 2.20. The maximum atomic E-state index is 5.84. The molecule has 0 unspecified atom stereocenters. The molecule has 0 radical (unpaired) electrons. The number of para-hydroxylation sites is 2. The van der Waals surface area contributed by atoms with E-state index in [0.29, 0.717) is 4.99 Å². The van der Waals surface area contributed by atoms with E-state index in [4.69, 9.17) is 22.7 Å². The lowest BCUT2D eigenvalue weighted by Gasteiger charge is -2.36. The first kappa shape index (κ1) is 16.7. The Hall–Kier alpha value is -2.11. The number of hydrogen-bond donors (Lipinski definition) is 1. The number of methoxy groups -OCH3 is 1. The predicted molar refractivity (Wildman–Crippen MR) is 103 cm³/mol. The van der Waals surface area contributed by atoms with Crippen LogP contribution in [0.2, 0.25) is 0 Å². The van der Waals surface area contributed by atoms with Crippen LogP contribution >= 0.6 is 12.2 Å². The average Bonchev–Trinajstić information content (AvgIpc) is 2.62. The fourth-order valence-electron chi connectivity index (χ4n) is 3.18. The van der Waals surface area contributed by atoms with E-state index in [1.807, 2.05) is 30.3 Å². The summed E-state index contributed by atoms with van der Waals surface area (Å²) in [6.45, 7) is 4.85. The molecule has 0 spiro atoms. The van der Waals surface area contributed by atoms with Crippen molar-refractivity contribution in [1.82, 2.24) is 4.90 Å². The summed E-state index contributed by atoms with van der Waals surface area (Å²) in [5.74, 6) is 0.935. The third-order valence-corrected chi connectivity index (χ3v) is 4.69. The fourth-order valence-corrected chi connectivity index (χ4v) is 3.38. The van der Waals surface area contributed by atoms with Gasteiger partial charge in [-0.05, 0) is 17.7 Å². The Labute approximate surface area is 148 Å². The third kappa shape index (κ3) is 3.68. The Bertz CT molecular complexity index is 711. The van der Waals surface area contributed by atoms with Gasteiger partial charge in [-0.3, -0.25) is 4.90 Å². The molecule has 24 heavy (non-hydrogen) atoms. The van der Waals surface area contributed by atoms with E-state index >= 15 is 0 Å². The number of anilines is 1. The van der Waals surface area contributed by atoms with Crippen LogP contribution in [-0.2, 0) is 6.54 Å². The van der Waals surface area contributed by atoms with Crippen molar-refractivity contribution in [3.05, 3.63) is 59.7 Å². The third-order valence-electron chi connectivity index (χ3n) is 4.47. The van der Waals surface area contributed by atoms with Crippen LogP contribution in [0.1, 0.15) is 11.1 Å². The first-order valence-electron chi connectivity index (χ1n) is 8.17. The van der Waals surface area contributed by atoms with Gasteiger partial charge in [0.1, 0.15) is 10.7 Å². The second-order valence-corrected chi connectivity index (χ2v) is 6.40. The van der Waals surface area contributed by atoms with Crippen molar-refractivity contribution < 1.29 is 4.74 Å². The molecule has 1 fully saturated rings. The summed E-state index contributed by atoms with van der Waals surface area (Å²) in [4.78, 5) is 5.30. The largest absolute Gasteiger partial charge is 0.495 e. The minimum atomic E-state index is 0.471. The van der Waals surface area contributed by atoms with E-state index < -0.39 is 0 Å². The van der Waals surface area contributed by atoms with E-state index in [9.17, 15) is 0 Å². The minimum absolute atomic E-state index is 0.471. The molecule has 0 aromatic heterocycles. The van der Waals surface area contributed by atoms with Crippen molar-refractivity contribution in [2.24, 2.45) is 5.73 Å². The standard InChI is InChI=1S/C19H23N3OS/c1-23-18-9-5-4-8-17(18)22-12-10-21(11-13-22)14-15-6-2-3-7-16(15)19(20)24/h2-9H,10-14H2,1H3,(H2,20,24). The molecule has 1 aliphatic heterocycles. The van der Waals surface area contributed by atoms with E-state index in [2.05, 4.69) is 28.0 Å². The monoisotopic (exact) mass is 341 g/mol. The Balaban J connectivity index is 1.65. The highest BCUT2D eigenvalue weighted by molar-refractivity contribution is 7.80. The zero-order chi connectivity index (χ0) is 16.9. The molecule has 126 valence electrons. The highest BCUT2D eigenvalue weighted by atomic mass is 32.1. The molecule has 2 aromatic carbocycles. The second kappa shape index (κ2) is 7.64. The van der Waals surface area contributed by atoms with E-state index in [-0.39, 0.29) is 0 Å². The average molecular weight is 341 g/mol. The van der Waals surface area contributed by atoms with Crippen LogP contribution in [0.4, 0.5) is 5.69 Å². The van der Waals surface area contributed by atoms with Gasteiger partial charge in [0.2, 0.25) is 0 Å². The number of benzene rings is 2. The van der Waals surface area contributed by atoms with Gasteiger partial charge in [0.05, 0.1) is 12.8 Å². The van der Waals surface area contributed by atoms with Gasteiger partial charge in [0.25, 0.3) is 0 Å². The molecule has 1 heterocycles. The molecule has 0 amide bonds. The second-order valence-electron chi connectivity index (χ2n) is 5.96. The Kier molecular flexibility index (Phi) is 5.33. The van der Waals surface area contributed by atoms with Gasteiger partial charge in [-0.15, -0.1) is 0 Å². The summed E-state index contributed by atoms with van der Waals surface area (Å²) in [5, 5.41) is 0. The van der Waals surface area contributed by atoms with Crippen molar-refractivity contribution in [3.63, 3.8) is 0 Å². The predicted octanol–water partition coefficient (Wildman–Crippen LogP) is 2.65. The number of nitrogens with two attached hydrogens (primary N) is 1. The summed E-state index contributed by atoms with van der Waals surface area (Å²) in [6, 6.07) is 16.3. The molecule has 2 aromatic rings. The van der Waals surface area contributed by atoms with Crippen LogP contribution in [0, 0.1) is 0 Å². The number of rotatable bonds is 5. The Morgan fingerprint density at radius 3 is 2.42 bits per heavy atom. The van der Waals surface area contributed by atoms with E-state index in [0.717, 1.165) is 44.0 Å². The number of thiocarbonyl (C=S) groups is 1. The van der Waals surface area contributed by atoms with Crippen molar-refractivity contribution in [1.29, 1.82) is 0 Å². The van der Waals surface area contributed by atoms with Crippen molar-refractivity contribution in [2.45, 2.75) is 6.54 Å². The SMILES string of the molecule is COc1ccccc1N1CCN(Cc2ccccc2C(N)=S)CC1. The Morgan fingerprint density at radius 2 is 1.71 bits per heavy atom. The van der Waals surface area contributed by atoms with Crippen LogP contribution in [0.25, 0.3) is 0 Å². The van der Waals surface area contributed by atoms with Crippen molar-refractivity contribution in [2.75, 3.05) is 38.2 Å². The summed E-state index contributed by atoms with van der Waals surface area (Å²) in [5.41, 5.74) is 9.20. The normalized spacial score (nSPS) is 15.3. The van der Waals surface area contributed by atoms with Gasteiger partial charge in [-0.1, -0.05) is 48.6 Å². The van der Waals surface area contributed by atoms with Crippen molar-refractivity contribution >= 4 is 22.9 Å².